The number of ether oxygens (including phenoxy) is 1. The lowest BCUT2D eigenvalue weighted by Gasteiger charge is -2.34. The molecule has 2 heterocycles. The normalized spacial score (nSPS) is 19.2. The van der Waals surface area contributed by atoms with Crippen LogP contribution in [0.1, 0.15) is 24.5 Å². The first kappa shape index (κ1) is 22.0. The summed E-state index contributed by atoms with van der Waals surface area (Å²) in [5.41, 5.74) is 2.51. The lowest BCUT2D eigenvalue weighted by Crippen LogP contribution is -2.45. The molecule has 2 saturated heterocycles. The minimum Gasteiger partial charge on any atom is -0.379 e. The fraction of sp³-hybridized carbons (Fsp3) is 0.682. The van der Waals surface area contributed by atoms with Gasteiger partial charge in [-0.1, -0.05) is 31.2 Å². The van der Waals surface area contributed by atoms with Gasteiger partial charge in [0.1, 0.15) is 0 Å². The van der Waals surface area contributed by atoms with Gasteiger partial charge in [-0.15, -0.1) is 0 Å². The van der Waals surface area contributed by atoms with Crippen molar-refractivity contribution < 1.29 is 9.53 Å². The fourth-order valence-electron chi connectivity index (χ4n) is 3.96. The van der Waals surface area contributed by atoms with Crippen LogP contribution >= 0.6 is 0 Å². The Morgan fingerprint density at radius 1 is 0.931 bits per heavy atom. The first-order valence-electron chi connectivity index (χ1n) is 11.1. The molecule has 2 aliphatic rings. The van der Waals surface area contributed by atoms with Crippen LogP contribution in [0.3, 0.4) is 0 Å². The molecule has 2 aliphatic heterocycles. The number of likely N-dealkylation sites (N-methyl/N-ethyl adjacent to an activating group) is 1. The lowest BCUT2D eigenvalue weighted by atomic mass is 10.1. The third-order valence-electron chi connectivity index (χ3n) is 5.90. The Morgan fingerprint density at radius 2 is 1.62 bits per heavy atom. The van der Waals surface area contributed by atoms with Crippen molar-refractivity contribution in [3.05, 3.63) is 35.4 Å². The fourth-order valence-corrected chi connectivity index (χ4v) is 3.96. The number of carbonyl (C=O) groups is 1. The zero-order valence-electron chi connectivity index (χ0n) is 17.9. The van der Waals surface area contributed by atoms with E-state index < -0.39 is 0 Å². The van der Waals surface area contributed by atoms with E-state index in [1.807, 2.05) is 0 Å². The molecule has 1 aromatic rings. The van der Waals surface area contributed by atoms with Crippen molar-refractivity contribution in [2.24, 2.45) is 0 Å². The molecular weight excluding hydrogens is 366 g/mol. The van der Waals surface area contributed by atoms with Crippen molar-refractivity contribution in [1.82, 2.24) is 25.3 Å². The number of nitrogens with zero attached hydrogens (tertiary/aromatic N) is 3. The molecule has 0 aromatic heterocycles. The Bertz CT molecular complexity index is 613. The van der Waals surface area contributed by atoms with Crippen molar-refractivity contribution in [3.63, 3.8) is 0 Å². The molecule has 0 bridgehead atoms. The van der Waals surface area contributed by atoms with Gasteiger partial charge in [-0.05, 0) is 30.6 Å². The molecule has 2 N–H and O–H groups in total. The highest BCUT2D eigenvalue weighted by molar-refractivity contribution is 5.73. The molecule has 0 unspecified atom stereocenters. The van der Waals surface area contributed by atoms with Gasteiger partial charge in [0.15, 0.2) is 0 Å². The summed E-state index contributed by atoms with van der Waals surface area (Å²) in [7, 11) is 0. The molecular formula is C22H37N5O2. The van der Waals surface area contributed by atoms with Crippen LogP contribution in [-0.4, -0.2) is 92.8 Å². The molecule has 162 valence electrons. The number of nitrogens with one attached hydrogen (secondary N) is 2. The van der Waals surface area contributed by atoms with E-state index in [9.17, 15) is 4.79 Å². The molecule has 2 fully saturated rings. The molecule has 0 spiro atoms. The second-order valence-corrected chi connectivity index (χ2v) is 7.90. The molecule has 2 amide bonds. The topological polar surface area (TPSA) is 60.1 Å². The maximum Gasteiger partial charge on any atom is 0.315 e. The largest absolute Gasteiger partial charge is 0.379 e. The van der Waals surface area contributed by atoms with Crippen molar-refractivity contribution in [3.8, 4) is 0 Å². The van der Waals surface area contributed by atoms with Crippen molar-refractivity contribution >= 4 is 6.03 Å². The van der Waals surface area contributed by atoms with E-state index in [1.165, 1.54) is 11.1 Å². The van der Waals surface area contributed by atoms with E-state index in [0.717, 1.165) is 78.5 Å². The van der Waals surface area contributed by atoms with Crippen LogP contribution in [0.2, 0.25) is 0 Å². The predicted molar refractivity (Wildman–Crippen MR) is 116 cm³/mol. The van der Waals surface area contributed by atoms with Crippen LogP contribution < -0.4 is 10.6 Å². The van der Waals surface area contributed by atoms with Crippen LogP contribution in [-0.2, 0) is 17.8 Å². The lowest BCUT2D eigenvalue weighted by molar-refractivity contribution is 0.0375. The smallest absolute Gasteiger partial charge is 0.315 e. The monoisotopic (exact) mass is 403 g/mol. The van der Waals surface area contributed by atoms with Crippen molar-refractivity contribution in [2.45, 2.75) is 26.4 Å². The highest BCUT2D eigenvalue weighted by atomic mass is 16.5. The maximum absolute atomic E-state index is 12.2. The highest BCUT2D eigenvalue weighted by Crippen LogP contribution is 2.13. The number of carbonyl (C=O) groups excluding carboxylic acids is 1. The highest BCUT2D eigenvalue weighted by Gasteiger charge is 2.16. The SMILES string of the molecule is CCN1CCN(Cc2ccccc2CNC(=O)NCCCN2CCOCC2)CC1. The van der Waals surface area contributed by atoms with E-state index in [-0.39, 0.29) is 6.03 Å². The van der Waals surface area contributed by atoms with Gasteiger partial charge in [0.05, 0.1) is 13.2 Å². The second kappa shape index (κ2) is 12.1. The number of piperazine rings is 1. The Labute approximate surface area is 175 Å². The minimum atomic E-state index is -0.0849. The molecule has 29 heavy (non-hydrogen) atoms. The maximum atomic E-state index is 12.2. The number of morpholine rings is 1. The summed E-state index contributed by atoms with van der Waals surface area (Å²) in [5.74, 6) is 0. The number of amides is 2. The Kier molecular flexibility index (Phi) is 9.21. The van der Waals surface area contributed by atoms with Crippen molar-refractivity contribution in [1.29, 1.82) is 0 Å². The van der Waals surface area contributed by atoms with E-state index in [2.05, 4.69) is 56.5 Å². The van der Waals surface area contributed by atoms with Gasteiger partial charge in [0.25, 0.3) is 0 Å². The summed E-state index contributed by atoms with van der Waals surface area (Å²) in [6, 6.07) is 8.36. The van der Waals surface area contributed by atoms with Crippen LogP contribution in [0.25, 0.3) is 0 Å². The van der Waals surface area contributed by atoms with Gasteiger partial charge in [-0.2, -0.15) is 0 Å². The van der Waals surface area contributed by atoms with Crippen LogP contribution in [0, 0.1) is 0 Å². The quantitative estimate of drug-likeness (QED) is 0.610. The number of hydrogen-bond donors (Lipinski definition) is 2. The summed E-state index contributed by atoms with van der Waals surface area (Å²) < 4.78 is 5.36. The summed E-state index contributed by atoms with van der Waals surface area (Å²) in [4.78, 5) is 19.6. The van der Waals surface area contributed by atoms with Crippen LogP contribution in [0.15, 0.2) is 24.3 Å². The summed E-state index contributed by atoms with van der Waals surface area (Å²) >= 11 is 0. The molecule has 0 saturated carbocycles. The average Bonchev–Trinajstić information content (AvgIpc) is 2.77. The van der Waals surface area contributed by atoms with Crippen LogP contribution in [0.4, 0.5) is 4.79 Å². The predicted octanol–water partition coefficient (Wildman–Crippen LogP) is 1.35. The molecule has 0 aliphatic carbocycles. The van der Waals surface area contributed by atoms with Gasteiger partial charge in [-0.25, -0.2) is 4.79 Å². The third-order valence-corrected chi connectivity index (χ3v) is 5.90. The Morgan fingerprint density at radius 3 is 2.34 bits per heavy atom. The van der Waals surface area contributed by atoms with E-state index in [0.29, 0.717) is 13.1 Å². The standard InChI is InChI=1S/C22H37N5O2/c1-2-25-10-12-27(13-11-25)19-21-7-4-3-6-20(21)18-24-22(28)23-8-5-9-26-14-16-29-17-15-26/h3-4,6-7H,2,5,8-19H2,1H3,(H2,23,24,28). The summed E-state index contributed by atoms with van der Waals surface area (Å²) in [6.07, 6.45) is 0.966. The first-order valence-corrected chi connectivity index (χ1v) is 11.1. The summed E-state index contributed by atoms with van der Waals surface area (Å²) in [5, 5.41) is 6.00. The molecule has 3 rings (SSSR count). The molecule has 7 nitrogen and oxygen atoms in total. The van der Waals surface area contributed by atoms with Gasteiger partial charge < -0.3 is 20.3 Å². The summed E-state index contributed by atoms with van der Waals surface area (Å²) in [6.45, 7) is 14.7. The number of benzene rings is 1. The number of rotatable bonds is 9. The van der Waals surface area contributed by atoms with Gasteiger partial charge in [-0.3, -0.25) is 9.80 Å². The van der Waals surface area contributed by atoms with E-state index >= 15 is 0 Å². The van der Waals surface area contributed by atoms with Crippen LogP contribution in [0.5, 0.6) is 0 Å². The Hall–Kier alpha value is -1.67. The van der Waals surface area contributed by atoms with E-state index in [1.54, 1.807) is 0 Å². The van der Waals surface area contributed by atoms with Gasteiger partial charge >= 0.3 is 6.03 Å². The number of hydrogen-bond acceptors (Lipinski definition) is 5. The molecule has 0 atom stereocenters. The molecule has 0 radical (unpaired) electrons. The Balaban J connectivity index is 1.36. The van der Waals surface area contributed by atoms with Crippen molar-refractivity contribution in [2.75, 3.05) is 72.1 Å². The third kappa shape index (κ3) is 7.59. The molecule has 7 heteroatoms. The van der Waals surface area contributed by atoms with Gasteiger partial charge in [0, 0.05) is 58.9 Å². The zero-order valence-corrected chi connectivity index (χ0v) is 17.9. The average molecular weight is 404 g/mol. The van der Waals surface area contributed by atoms with E-state index in [4.69, 9.17) is 4.74 Å². The second-order valence-electron chi connectivity index (χ2n) is 7.90. The van der Waals surface area contributed by atoms with Gasteiger partial charge in [0.2, 0.25) is 0 Å². The first-order chi connectivity index (χ1) is 14.2. The number of urea groups is 1. The zero-order chi connectivity index (χ0) is 20.3. The molecule has 1 aromatic carbocycles. The minimum absolute atomic E-state index is 0.0849.